The van der Waals surface area contributed by atoms with Crippen LogP contribution in [0.5, 0.6) is 0 Å². The summed E-state index contributed by atoms with van der Waals surface area (Å²) >= 11 is 0. The zero-order valence-electron chi connectivity index (χ0n) is 11.4. The van der Waals surface area contributed by atoms with Gasteiger partial charge in [0.15, 0.2) is 0 Å². The van der Waals surface area contributed by atoms with E-state index in [1.54, 1.807) is 6.92 Å². The maximum absolute atomic E-state index is 11.9. The number of fused-ring (bicyclic) bond motifs is 2. The molecule has 0 aromatic carbocycles. The molecule has 2 nitrogen and oxygen atoms in total. The van der Waals surface area contributed by atoms with Crippen LogP contribution in [0.3, 0.4) is 0 Å². The maximum atomic E-state index is 11.9. The summed E-state index contributed by atoms with van der Waals surface area (Å²) in [7, 11) is 0. The fourth-order valence-corrected chi connectivity index (χ4v) is 6.02. The van der Waals surface area contributed by atoms with Crippen LogP contribution in [0.4, 0.5) is 0 Å². The van der Waals surface area contributed by atoms with Crippen molar-refractivity contribution in [3.05, 3.63) is 12.2 Å². The van der Waals surface area contributed by atoms with Crippen molar-refractivity contribution in [2.45, 2.75) is 51.6 Å². The third-order valence-corrected chi connectivity index (χ3v) is 6.72. The van der Waals surface area contributed by atoms with Crippen LogP contribution >= 0.6 is 0 Å². The van der Waals surface area contributed by atoms with Gasteiger partial charge in [-0.05, 0) is 69.1 Å². The van der Waals surface area contributed by atoms with E-state index in [0.717, 1.165) is 11.8 Å². The summed E-state index contributed by atoms with van der Waals surface area (Å²) in [5.74, 6) is 2.93. The Hall–Kier alpha value is -0.790. The second-order valence-corrected chi connectivity index (χ2v) is 7.51. The number of carbonyl (C=O) groups excluding carboxylic acids is 1. The molecule has 0 aromatic heterocycles. The minimum Gasteiger partial charge on any atom is -0.455 e. The van der Waals surface area contributed by atoms with Crippen LogP contribution in [-0.2, 0) is 9.53 Å². The van der Waals surface area contributed by atoms with Gasteiger partial charge in [0.05, 0.1) is 0 Å². The van der Waals surface area contributed by atoms with Crippen molar-refractivity contribution >= 4 is 5.97 Å². The normalized spacial score (nSPS) is 55.0. The summed E-state index contributed by atoms with van der Waals surface area (Å²) in [4.78, 5) is 11.9. The Morgan fingerprint density at radius 2 is 1.94 bits per heavy atom. The molecule has 4 aliphatic carbocycles. The lowest BCUT2D eigenvalue weighted by molar-refractivity contribution is -0.174. The van der Waals surface area contributed by atoms with E-state index in [1.807, 2.05) is 0 Å². The highest BCUT2D eigenvalue weighted by atomic mass is 16.6. The molecule has 18 heavy (non-hydrogen) atoms. The van der Waals surface area contributed by atoms with Crippen molar-refractivity contribution in [3.8, 4) is 0 Å². The molecule has 0 heterocycles. The first-order valence-corrected chi connectivity index (χ1v) is 7.34. The summed E-state index contributed by atoms with van der Waals surface area (Å²) in [5.41, 5.74) is 0.913. The highest BCUT2D eigenvalue weighted by molar-refractivity contribution is 5.87. The van der Waals surface area contributed by atoms with Crippen molar-refractivity contribution in [3.63, 3.8) is 0 Å². The first-order chi connectivity index (χ1) is 8.45. The van der Waals surface area contributed by atoms with Crippen molar-refractivity contribution < 1.29 is 9.53 Å². The van der Waals surface area contributed by atoms with Crippen LogP contribution in [0, 0.1) is 29.1 Å². The Bertz CT molecular complexity index is 454. The Kier molecular flexibility index (Phi) is 1.86. The van der Waals surface area contributed by atoms with Gasteiger partial charge in [-0.3, -0.25) is 0 Å². The number of hydrogen-bond donors (Lipinski definition) is 0. The Morgan fingerprint density at radius 3 is 2.67 bits per heavy atom. The zero-order chi connectivity index (χ0) is 12.7. The molecule has 6 atom stereocenters. The molecule has 98 valence electrons. The Labute approximate surface area is 109 Å². The molecule has 4 fully saturated rings. The molecule has 1 spiro atoms. The van der Waals surface area contributed by atoms with Gasteiger partial charge < -0.3 is 4.74 Å². The van der Waals surface area contributed by atoms with Crippen molar-refractivity contribution in [1.82, 2.24) is 0 Å². The monoisotopic (exact) mass is 246 g/mol. The van der Waals surface area contributed by atoms with Crippen molar-refractivity contribution in [2.75, 3.05) is 0 Å². The first-order valence-electron chi connectivity index (χ1n) is 7.34. The molecule has 0 radical (unpaired) electrons. The van der Waals surface area contributed by atoms with E-state index in [2.05, 4.69) is 13.5 Å². The Balaban J connectivity index is 1.67. The molecule has 6 unspecified atom stereocenters. The second-order valence-electron chi connectivity index (χ2n) is 7.51. The van der Waals surface area contributed by atoms with Crippen LogP contribution in [0.1, 0.15) is 46.0 Å². The molecule has 4 saturated carbocycles. The average Bonchev–Trinajstić information content (AvgIpc) is 2.56. The van der Waals surface area contributed by atoms with Gasteiger partial charge in [-0.2, -0.15) is 0 Å². The second kappa shape index (κ2) is 3.02. The lowest BCUT2D eigenvalue weighted by Gasteiger charge is -2.52. The smallest absolute Gasteiger partial charge is 0.333 e. The van der Waals surface area contributed by atoms with E-state index in [-0.39, 0.29) is 11.6 Å². The average molecular weight is 246 g/mol. The zero-order valence-corrected chi connectivity index (χ0v) is 11.4. The van der Waals surface area contributed by atoms with Gasteiger partial charge in [0.2, 0.25) is 0 Å². The summed E-state index contributed by atoms with van der Waals surface area (Å²) < 4.78 is 5.93. The molecule has 0 aliphatic heterocycles. The fraction of sp³-hybridized carbons (Fsp3) is 0.812. The van der Waals surface area contributed by atoms with Crippen LogP contribution in [0.15, 0.2) is 12.2 Å². The first kappa shape index (κ1) is 11.1. The summed E-state index contributed by atoms with van der Waals surface area (Å²) in [6, 6.07) is 0. The maximum Gasteiger partial charge on any atom is 0.333 e. The third kappa shape index (κ3) is 1.05. The number of ether oxygens (including phenoxy) is 1. The minimum atomic E-state index is -0.193. The van der Waals surface area contributed by atoms with Gasteiger partial charge in [0.25, 0.3) is 0 Å². The molecule has 4 rings (SSSR count). The molecular formula is C16H22O2. The standard InChI is InChI=1S/C16H22O2/c1-9(2)14(17)18-15(3)12-5-10-4-11-6-13(15)16(11,7-10)8-12/h10-13H,1,4-8H2,2-3H3. The SMILES string of the molecule is C=C(C)C(=O)OC1(C)C2CC3CC4CC1C4(C3)C2. The molecule has 0 N–H and O–H groups in total. The van der Waals surface area contributed by atoms with Gasteiger partial charge >= 0.3 is 5.97 Å². The minimum absolute atomic E-state index is 0.180. The molecule has 0 amide bonds. The molecule has 0 saturated heterocycles. The number of hydrogen-bond acceptors (Lipinski definition) is 2. The van der Waals surface area contributed by atoms with Gasteiger partial charge in [-0.1, -0.05) is 6.58 Å². The topological polar surface area (TPSA) is 26.3 Å². The van der Waals surface area contributed by atoms with Crippen LogP contribution in [0.25, 0.3) is 0 Å². The van der Waals surface area contributed by atoms with Crippen molar-refractivity contribution in [1.29, 1.82) is 0 Å². The van der Waals surface area contributed by atoms with Gasteiger partial charge in [-0.25, -0.2) is 4.79 Å². The number of rotatable bonds is 2. The molecule has 0 aromatic rings. The quantitative estimate of drug-likeness (QED) is 0.552. The molecular weight excluding hydrogens is 224 g/mol. The molecule has 3 bridgehead atoms. The van der Waals surface area contributed by atoms with Crippen LogP contribution in [0.2, 0.25) is 0 Å². The third-order valence-electron chi connectivity index (χ3n) is 6.72. The molecule has 4 aliphatic rings. The van der Waals surface area contributed by atoms with E-state index in [9.17, 15) is 4.79 Å². The predicted molar refractivity (Wildman–Crippen MR) is 68.8 cm³/mol. The number of carbonyl (C=O) groups is 1. The van der Waals surface area contributed by atoms with E-state index < -0.39 is 0 Å². The fourth-order valence-electron chi connectivity index (χ4n) is 6.02. The van der Waals surface area contributed by atoms with Crippen LogP contribution < -0.4 is 0 Å². The lowest BCUT2D eigenvalue weighted by atomic mass is 9.54. The summed E-state index contributed by atoms with van der Waals surface area (Å²) in [5, 5.41) is 0. The van der Waals surface area contributed by atoms with Gasteiger partial charge in [-0.15, -0.1) is 0 Å². The number of esters is 1. The van der Waals surface area contributed by atoms with Crippen molar-refractivity contribution in [2.24, 2.45) is 29.1 Å². The van der Waals surface area contributed by atoms with E-state index in [0.29, 0.717) is 22.8 Å². The van der Waals surface area contributed by atoms with Gasteiger partial charge in [0.1, 0.15) is 5.60 Å². The summed E-state index contributed by atoms with van der Waals surface area (Å²) in [6.45, 7) is 7.68. The lowest BCUT2D eigenvalue weighted by Crippen LogP contribution is -2.52. The van der Waals surface area contributed by atoms with Crippen LogP contribution in [-0.4, -0.2) is 11.6 Å². The highest BCUT2D eigenvalue weighted by Crippen LogP contribution is 2.78. The predicted octanol–water partition coefficient (Wildman–Crippen LogP) is 3.32. The van der Waals surface area contributed by atoms with Gasteiger partial charge in [0, 0.05) is 11.5 Å². The molecule has 2 heteroatoms. The van der Waals surface area contributed by atoms with E-state index >= 15 is 0 Å². The highest BCUT2D eigenvalue weighted by Gasteiger charge is 2.75. The summed E-state index contributed by atoms with van der Waals surface area (Å²) in [6.07, 6.45) is 6.77. The largest absolute Gasteiger partial charge is 0.455 e. The van der Waals surface area contributed by atoms with E-state index in [1.165, 1.54) is 32.1 Å². The van der Waals surface area contributed by atoms with E-state index in [4.69, 9.17) is 4.74 Å². The Morgan fingerprint density at radius 1 is 1.22 bits per heavy atom.